The van der Waals surface area contributed by atoms with E-state index in [1.165, 1.54) is 60.8 Å². The molecule has 298 valence electrons. The summed E-state index contributed by atoms with van der Waals surface area (Å²) >= 11 is 0. The predicted octanol–water partition coefficient (Wildman–Crippen LogP) is 10.6. The summed E-state index contributed by atoms with van der Waals surface area (Å²) in [5.74, 6) is -21.6. The first-order chi connectivity index (χ1) is 24.4. The molecule has 16 heteroatoms. The van der Waals surface area contributed by atoms with Crippen LogP contribution in [0.2, 0.25) is 17.1 Å². The fourth-order valence-corrected chi connectivity index (χ4v) is 10.6. The molecule has 0 unspecified atom stereocenters. The smallest absolute Gasteiger partial charge is 0.460 e. The van der Waals surface area contributed by atoms with E-state index in [4.69, 9.17) is 18.6 Å². The van der Waals surface area contributed by atoms with Gasteiger partial charge in [-0.15, -0.1) is 0 Å². The molecular formula is C37H47F9O6Si. The van der Waals surface area contributed by atoms with Crippen LogP contribution < -0.4 is 4.74 Å². The van der Waals surface area contributed by atoms with Crippen molar-refractivity contribution in [3.05, 3.63) is 77.4 Å². The van der Waals surface area contributed by atoms with E-state index in [1.54, 1.807) is 55.5 Å². The minimum Gasteiger partial charge on any atom is -0.497 e. The van der Waals surface area contributed by atoms with Crippen molar-refractivity contribution in [1.82, 2.24) is 0 Å². The number of ketones is 1. The predicted molar refractivity (Wildman–Crippen MR) is 183 cm³/mol. The van der Waals surface area contributed by atoms with E-state index in [9.17, 15) is 49.1 Å². The average molecular weight is 787 g/mol. The summed E-state index contributed by atoms with van der Waals surface area (Å²) in [5.41, 5.74) is -0.0691. The highest BCUT2D eigenvalue weighted by Crippen LogP contribution is 2.55. The van der Waals surface area contributed by atoms with Gasteiger partial charge in [0.25, 0.3) is 0 Å². The lowest BCUT2D eigenvalue weighted by Crippen LogP contribution is -2.61. The molecular weight excluding hydrogens is 739 g/mol. The van der Waals surface area contributed by atoms with E-state index in [1.807, 2.05) is 0 Å². The van der Waals surface area contributed by atoms with Crippen LogP contribution in [0.5, 0.6) is 5.75 Å². The number of benzene rings is 2. The van der Waals surface area contributed by atoms with E-state index in [2.05, 4.69) is 0 Å². The minimum absolute atomic E-state index is 0.0358. The molecule has 53 heavy (non-hydrogen) atoms. The molecule has 0 heterocycles. The Kier molecular flexibility index (Phi) is 15.8. The number of esters is 1. The summed E-state index contributed by atoms with van der Waals surface area (Å²) in [6.45, 7) is 10.6. The second-order valence-electron chi connectivity index (χ2n) is 13.6. The summed E-state index contributed by atoms with van der Waals surface area (Å²) in [4.78, 5) is 26.5. The molecule has 0 aliphatic heterocycles. The number of hydrogen-bond acceptors (Lipinski definition) is 6. The summed E-state index contributed by atoms with van der Waals surface area (Å²) in [6.07, 6.45) is -10.0. The number of carbonyl (C=O) groups excluding carboxylic acids is 2. The quantitative estimate of drug-likeness (QED) is 0.0438. The van der Waals surface area contributed by atoms with Crippen molar-refractivity contribution < 1.29 is 67.7 Å². The van der Waals surface area contributed by atoms with Crippen LogP contribution in [0.25, 0.3) is 0 Å². The number of ether oxygens (including phenoxy) is 3. The maximum absolute atomic E-state index is 14.9. The standard InChI is InChI=1S/C37H47F9O6Si/c1-23(2)53(24(3)4,21-19-34(38,39)35(40,41)36(42,43)37(44,45)46)52-32(25(5)18-20-50-22-28-14-16-30(49-8)17-15-28)26(6)31(47)27(7)51-33(48)29-12-10-9-11-13-29/h9-18,23-24,26-27,32H,19-22H2,1-8H3/b25-18+/t26-,27-,32+/m1/s1. The molecule has 2 rings (SSSR count). The summed E-state index contributed by atoms with van der Waals surface area (Å²) in [6, 6.07) is 13.8. The van der Waals surface area contributed by atoms with Crippen LogP contribution in [-0.4, -0.2) is 69.9 Å². The second kappa shape index (κ2) is 18.3. The fourth-order valence-electron chi connectivity index (χ4n) is 5.90. The number of Topliss-reactive ketones (excluding diaryl/α,β-unsaturated/α-hetero) is 1. The molecule has 0 aliphatic rings. The highest BCUT2D eigenvalue weighted by atomic mass is 28.4. The zero-order chi connectivity index (χ0) is 40.6. The molecule has 2 aromatic carbocycles. The molecule has 0 amide bonds. The Hall–Kier alpha value is -3.37. The second-order valence-corrected chi connectivity index (χ2v) is 18.5. The first-order valence-corrected chi connectivity index (χ1v) is 19.2. The molecule has 0 aliphatic carbocycles. The molecule has 3 atom stereocenters. The monoisotopic (exact) mass is 786 g/mol. The molecule has 0 bridgehead atoms. The lowest BCUT2D eigenvalue weighted by molar-refractivity contribution is -0.396. The van der Waals surface area contributed by atoms with Gasteiger partial charge in [0, 0.05) is 12.3 Å². The van der Waals surface area contributed by atoms with Crippen LogP contribution in [0, 0.1) is 5.92 Å². The molecule has 0 spiro atoms. The maximum atomic E-state index is 14.9. The van der Waals surface area contributed by atoms with Gasteiger partial charge in [-0.2, -0.15) is 39.5 Å². The third-order valence-electron chi connectivity index (χ3n) is 9.34. The van der Waals surface area contributed by atoms with Crippen LogP contribution >= 0.6 is 0 Å². The van der Waals surface area contributed by atoms with Gasteiger partial charge in [-0.3, -0.25) is 4.79 Å². The van der Waals surface area contributed by atoms with Gasteiger partial charge in [0.2, 0.25) is 0 Å². The normalized spacial score (nSPS) is 15.3. The lowest BCUT2D eigenvalue weighted by atomic mass is 9.92. The zero-order valence-corrected chi connectivity index (χ0v) is 31.8. The van der Waals surface area contributed by atoms with Gasteiger partial charge < -0.3 is 18.6 Å². The topological polar surface area (TPSA) is 71.1 Å². The van der Waals surface area contributed by atoms with E-state index < -0.39 is 85.7 Å². The van der Waals surface area contributed by atoms with Crippen molar-refractivity contribution in [2.75, 3.05) is 13.7 Å². The Morgan fingerprint density at radius 1 is 0.792 bits per heavy atom. The lowest BCUT2D eigenvalue weighted by Gasteiger charge is -2.44. The number of alkyl halides is 9. The van der Waals surface area contributed by atoms with Gasteiger partial charge in [-0.05, 0) is 66.4 Å². The van der Waals surface area contributed by atoms with E-state index >= 15 is 0 Å². The Balaban J connectivity index is 2.49. The average Bonchev–Trinajstić information content (AvgIpc) is 3.09. The first-order valence-electron chi connectivity index (χ1n) is 16.9. The molecule has 0 fully saturated rings. The van der Waals surface area contributed by atoms with E-state index in [0.29, 0.717) is 11.3 Å². The minimum atomic E-state index is -7.02. The molecule has 0 N–H and O–H groups in total. The summed E-state index contributed by atoms with van der Waals surface area (Å²) < 4.78 is 147. The van der Waals surface area contributed by atoms with Gasteiger partial charge in [-0.25, -0.2) is 4.79 Å². The zero-order valence-electron chi connectivity index (χ0n) is 30.8. The SMILES string of the molecule is COc1ccc(COC/C=C(\C)[C@H](O[Si](CCC(F)(F)C(F)(F)C(F)(F)C(F)(F)F)(C(C)C)C(C)C)[C@H](C)C(=O)[C@@H](C)OC(=O)c2ccccc2)cc1. The van der Waals surface area contributed by atoms with Crippen molar-refractivity contribution in [2.45, 2.75) is 115 Å². The molecule has 6 nitrogen and oxygen atoms in total. The van der Waals surface area contributed by atoms with Crippen LogP contribution in [0.15, 0.2) is 66.2 Å². The first kappa shape index (κ1) is 45.8. The molecule has 0 saturated heterocycles. The third-order valence-corrected chi connectivity index (χ3v) is 15.0. The van der Waals surface area contributed by atoms with Gasteiger partial charge in [-0.1, -0.05) is 71.0 Å². The van der Waals surface area contributed by atoms with Crippen molar-refractivity contribution in [3.8, 4) is 5.75 Å². The summed E-state index contributed by atoms with van der Waals surface area (Å²) in [7, 11) is -2.39. The van der Waals surface area contributed by atoms with Gasteiger partial charge in [0.15, 0.2) is 20.2 Å². The number of rotatable bonds is 20. The molecule has 0 saturated carbocycles. The van der Waals surface area contributed by atoms with Crippen LogP contribution in [-0.2, 0) is 25.3 Å². The van der Waals surface area contributed by atoms with Crippen LogP contribution in [0.3, 0.4) is 0 Å². The number of carbonyl (C=O) groups is 2. The Labute approximate surface area is 305 Å². The van der Waals surface area contributed by atoms with E-state index in [-0.39, 0.29) is 18.8 Å². The van der Waals surface area contributed by atoms with Crippen LogP contribution in [0.1, 0.15) is 70.8 Å². The van der Waals surface area contributed by atoms with Crippen molar-refractivity contribution in [1.29, 1.82) is 0 Å². The Morgan fingerprint density at radius 3 is 1.83 bits per heavy atom. The molecule has 0 aromatic heterocycles. The molecule has 2 aromatic rings. The van der Waals surface area contributed by atoms with E-state index in [0.717, 1.165) is 5.56 Å². The number of halogens is 9. The largest absolute Gasteiger partial charge is 0.497 e. The number of methoxy groups -OCH3 is 1. The van der Waals surface area contributed by atoms with Crippen molar-refractivity contribution in [2.24, 2.45) is 5.92 Å². The van der Waals surface area contributed by atoms with Crippen LogP contribution in [0.4, 0.5) is 39.5 Å². The third kappa shape index (κ3) is 10.9. The van der Waals surface area contributed by atoms with Gasteiger partial charge in [0.1, 0.15) is 5.75 Å². The fraction of sp³-hybridized carbons (Fsp3) is 0.568. The highest BCUT2D eigenvalue weighted by molar-refractivity contribution is 6.76. The Bertz CT molecular complexity index is 1500. The summed E-state index contributed by atoms with van der Waals surface area (Å²) in [5, 5.41) is 0. The number of hydrogen-bond donors (Lipinski definition) is 0. The van der Waals surface area contributed by atoms with Gasteiger partial charge >= 0.3 is 29.9 Å². The van der Waals surface area contributed by atoms with Gasteiger partial charge in [0.05, 0.1) is 32.0 Å². The van der Waals surface area contributed by atoms with Crippen molar-refractivity contribution >= 4 is 20.1 Å². The highest BCUT2D eigenvalue weighted by Gasteiger charge is 2.81. The van der Waals surface area contributed by atoms with Crippen molar-refractivity contribution in [3.63, 3.8) is 0 Å². The molecule has 0 radical (unpaired) electrons. The maximum Gasteiger partial charge on any atom is 0.460 e. The Morgan fingerprint density at radius 2 is 1.34 bits per heavy atom.